The molecule has 1 heterocycles. The lowest BCUT2D eigenvalue weighted by Crippen LogP contribution is -2.47. The van der Waals surface area contributed by atoms with E-state index < -0.39 is 0 Å². The Labute approximate surface area is 91.6 Å². The van der Waals surface area contributed by atoms with Gasteiger partial charge in [-0.05, 0) is 26.9 Å². The highest BCUT2D eigenvalue weighted by atomic mass is 16.2. The minimum atomic E-state index is -0.137. The third-order valence-electron chi connectivity index (χ3n) is 3.33. The monoisotopic (exact) mass is 214 g/mol. The van der Waals surface area contributed by atoms with Gasteiger partial charge in [0.15, 0.2) is 0 Å². The molecule has 0 aliphatic carbocycles. The zero-order chi connectivity index (χ0) is 11.6. The van der Waals surface area contributed by atoms with Crippen molar-refractivity contribution in [2.45, 2.75) is 25.9 Å². The second-order valence-corrected chi connectivity index (χ2v) is 4.65. The third kappa shape index (κ3) is 2.68. The zero-order valence-electron chi connectivity index (χ0n) is 10.0. The van der Waals surface area contributed by atoms with Gasteiger partial charge in [-0.1, -0.05) is 6.92 Å². The zero-order valence-corrected chi connectivity index (χ0v) is 10.0. The number of likely N-dealkylation sites (N-methyl/N-ethyl adjacent to an activating group) is 1. The van der Waals surface area contributed by atoms with Gasteiger partial charge in [0.25, 0.3) is 5.91 Å². The van der Waals surface area contributed by atoms with E-state index in [1.807, 2.05) is 6.92 Å². The Balaban J connectivity index is 2.58. The van der Waals surface area contributed by atoms with Gasteiger partial charge in [0.1, 0.15) is 0 Å². The minimum absolute atomic E-state index is 0.110. The molecule has 0 aromatic carbocycles. The van der Waals surface area contributed by atoms with E-state index in [2.05, 4.69) is 36.2 Å². The molecule has 1 fully saturated rings. The normalized spacial score (nSPS) is 29.5. The van der Waals surface area contributed by atoms with E-state index in [4.69, 9.17) is 5.84 Å². The number of likely N-dealkylation sites (tertiary alicyclic amines) is 1. The molecule has 0 radical (unpaired) electrons. The highest BCUT2D eigenvalue weighted by molar-refractivity contribution is 5.80. The van der Waals surface area contributed by atoms with Crippen LogP contribution in [0.5, 0.6) is 0 Å². The summed E-state index contributed by atoms with van der Waals surface area (Å²) in [6, 6.07) is 0.389. The molecule has 1 aliphatic rings. The van der Waals surface area contributed by atoms with Crippen molar-refractivity contribution in [3.8, 4) is 0 Å². The third-order valence-corrected chi connectivity index (χ3v) is 3.33. The fraction of sp³-hybridized carbons (Fsp3) is 0.900. The van der Waals surface area contributed by atoms with Crippen molar-refractivity contribution in [2.24, 2.45) is 11.8 Å². The van der Waals surface area contributed by atoms with Crippen molar-refractivity contribution in [1.82, 2.24) is 15.2 Å². The van der Waals surface area contributed by atoms with Gasteiger partial charge in [0.05, 0.1) is 6.04 Å². The molecule has 0 spiro atoms. The molecule has 1 saturated heterocycles. The Bertz CT molecular complexity index is 231. The molecule has 15 heavy (non-hydrogen) atoms. The smallest absolute Gasteiger partial charge is 0.250 e. The number of nitrogens with two attached hydrogens (primary N) is 1. The maximum Gasteiger partial charge on any atom is 0.250 e. The van der Waals surface area contributed by atoms with E-state index in [0.717, 1.165) is 13.1 Å². The Morgan fingerprint density at radius 1 is 1.53 bits per heavy atom. The van der Waals surface area contributed by atoms with Gasteiger partial charge < -0.3 is 4.90 Å². The largest absolute Gasteiger partial charge is 0.305 e. The summed E-state index contributed by atoms with van der Waals surface area (Å²) < 4.78 is 0. The first-order chi connectivity index (χ1) is 6.97. The molecule has 5 nitrogen and oxygen atoms in total. The van der Waals surface area contributed by atoms with Crippen LogP contribution >= 0.6 is 0 Å². The molecule has 1 aliphatic heterocycles. The van der Waals surface area contributed by atoms with Crippen molar-refractivity contribution < 1.29 is 4.79 Å². The van der Waals surface area contributed by atoms with Gasteiger partial charge in [-0.25, -0.2) is 5.84 Å². The topological polar surface area (TPSA) is 61.6 Å². The van der Waals surface area contributed by atoms with E-state index in [1.165, 1.54) is 0 Å². The molecule has 3 unspecified atom stereocenters. The van der Waals surface area contributed by atoms with E-state index in [1.54, 1.807) is 0 Å². The van der Waals surface area contributed by atoms with Crippen LogP contribution in [-0.2, 0) is 4.79 Å². The molecule has 0 bridgehead atoms. The summed E-state index contributed by atoms with van der Waals surface area (Å²) in [5.41, 5.74) is 2.21. The summed E-state index contributed by atoms with van der Waals surface area (Å²) in [4.78, 5) is 15.8. The molecule has 88 valence electrons. The van der Waals surface area contributed by atoms with E-state index in [9.17, 15) is 4.79 Å². The van der Waals surface area contributed by atoms with Crippen molar-refractivity contribution in [1.29, 1.82) is 0 Å². The van der Waals surface area contributed by atoms with E-state index >= 15 is 0 Å². The number of hydrogen-bond donors (Lipinski definition) is 2. The SMILES string of the molecule is CC1CN(C(C)C(=O)NN)CC1N(C)C. The summed E-state index contributed by atoms with van der Waals surface area (Å²) in [6.45, 7) is 6.00. The predicted octanol–water partition coefficient (Wildman–Crippen LogP) is -0.753. The van der Waals surface area contributed by atoms with Crippen LogP contribution in [0, 0.1) is 5.92 Å². The second-order valence-electron chi connectivity index (χ2n) is 4.65. The number of rotatable bonds is 3. The van der Waals surface area contributed by atoms with Crippen LogP contribution in [0.3, 0.4) is 0 Å². The van der Waals surface area contributed by atoms with Gasteiger partial charge in [0.2, 0.25) is 0 Å². The first kappa shape index (κ1) is 12.4. The quantitative estimate of drug-likeness (QED) is 0.368. The number of carbonyl (C=O) groups is 1. The van der Waals surface area contributed by atoms with Crippen molar-refractivity contribution in [3.63, 3.8) is 0 Å². The number of hydrazine groups is 1. The molecular weight excluding hydrogens is 192 g/mol. The van der Waals surface area contributed by atoms with Gasteiger partial charge >= 0.3 is 0 Å². The average Bonchev–Trinajstić information content (AvgIpc) is 2.58. The maximum atomic E-state index is 11.4. The van der Waals surface area contributed by atoms with Crippen LogP contribution in [0.2, 0.25) is 0 Å². The number of amides is 1. The summed E-state index contributed by atoms with van der Waals surface area (Å²) in [5.74, 6) is 5.61. The molecular formula is C10H22N4O. The molecule has 3 atom stereocenters. The lowest BCUT2D eigenvalue weighted by atomic mass is 10.1. The first-order valence-electron chi connectivity index (χ1n) is 5.38. The van der Waals surface area contributed by atoms with Gasteiger partial charge in [0, 0.05) is 19.1 Å². The fourth-order valence-corrected chi connectivity index (χ4v) is 2.26. The van der Waals surface area contributed by atoms with Gasteiger partial charge in [-0.15, -0.1) is 0 Å². The van der Waals surface area contributed by atoms with Crippen LogP contribution in [0.25, 0.3) is 0 Å². The molecule has 0 aromatic heterocycles. The Morgan fingerprint density at radius 2 is 2.13 bits per heavy atom. The summed E-state index contributed by atoms with van der Waals surface area (Å²) in [7, 11) is 4.16. The maximum absolute atomic E-state index is 11.4. The molecule has 0 saturated carbocycles. The highest BCUT2D eigenvalue weighted by Gasteiger charge is 2.35. The molecule has 1 rings (SSSR count). The number of carbonyl (C=O) groups excluding carboxylic acids is 1. The minimum Gasteiger partial charge on any atom is -0.305 e. The van der Waals surface area contributed by atoms with E-state index in [-0.39, 0.29) is 11.9 Å². The van der Waals surface area contributed by atoms with Crippen LogP contribution in [0.4, 0.5) is 0 Å². The summed E-state index contributed by atoms with van der Waals surface area (Å²) in [5, 5.41) is 0. The lowest BCUT2D eigenvalue weighted by Gasteiger charge is -2.24. The highest BCUT2D eigenvalue weighted by Crippen LogP contribution is 2.21. The van der Waals surface area contributed by atoms with Crippen LogP contribution in [0.1, 0.15) is 13.8 Å². The number of hydrogen-bond acceptors (Lipinski definition) is 4. The predicted molar refractivity (Wildman–Crippen MR) is 60.0 cm³/mol. The van der Waals surface area contributed by atoms with Gasteiger partial charge in [-0.3, -0.25) is 15.1 Å². The number of nitrogens with one attached hydrogen (secondary N) is 1. The van der Waals surface area contributed by atoms with Gasteiger partial charge in [-0.2, -0.15) is 0 Å². The summed E-state index contributed by atoms with van der Waals surface area (Å²) in [6.07, 6.45) is 0. The number of nitrogens with zero attached hydrogens (tertiary/aromatic N) is 2. The molecule has 0 aromatic rings. The molecule has 1 amide bonds. The standard InChI is InChI=1S/C10H22N4O/c1-7-5-14(6-9(7)13(3)4)8(2)10(15)12-11/h7-9H,5-6,11H2,1-4H3,(H,12,15). The molecule has 5 heteroatoms. The Kier molecular flexibility index (Phi) is 4.07. The summed E-state index contributed by atoms with van der Waals surface area (Å²) >= 11 is 0. The van der Waals surface area contributed by atoms with Crippen molar-refractivity contribution in [2.75, 3.05) is 27.2 Å². The Morgan fingerprint density at radius 3 is 2.53 bits per heavy atom. The van der Waals surface area contributed by atoms with Crippen molar-refractivity contribution >= 4 is 5.91 Å². The molecule has 3 N–H and O–H groups in total. The fourth-order valence-electron chi connectivity index (χ4n) is 2.26. The average molecular weight is 214 g/mol. The Hall–Kier alpha value is -0.650. The van der Waals surface area contributed by atoms with Crippen LogP contribution in [0.15, 0.2) is 0 Å². The second kappa shape index (κ2) is 4.92. The van der Waals surface area contributed by atoms with Crippen molar-refractivity contribution in [3.05, 3.63) is 0 Å². The van der Waals surface area contributed by atoms with E-state index in [0.29, 0.717) is 12.0 Å². The van der Waals surface area contributed by atoms with Crippen LogP contribution < -0.4 is 11.3 Å². The van der Waals surface area contributed by atoms with Crippen LogP contribution in [-0.4, -0.2) is 55.0 Å². The lowest BCUT2D eigenvalue weighted by molar-refractivity contribution is -0.125. The first-order valence-corrected chi connectivity index (χ1v) is 5.38.